The van der Waals surface area contributed by atoms with E-state index in [1.807, 2.05) is 31.2 Å². The van der Waals surface area contributed by atoms with Crippen molar-refractivity contribution in [1.29, 1.82) is 0 Å². The van der Waals surface area contributed by atoms with Gasteiger partial charge in [0, 0.05) is 24.9 Å². The predicted molar refractivity (Wildman–Crippen MR) is 121 cm³/mol. The standard InChI is InChI=1S/C24H26FN5O/c1-16-14-30(15-29(16)3)21-11-5-18(13-22(21)31-4)6-12-23-26-24(28-27-23)17(2)19-7-9-20(25)10-8-19/h5-14,17H,15H2,1-4H3,(H,26,27,28)/b12-6+/t17-/m0/s1. The van der Waals surface area contributed by atoms with Gasteiger partial charge < -0.3 is 14.5 Å². The molecule has 1 aliphatic rings. The van der Waals surface area contributed by atoms with Crippen LogP contribution in [0, 0.1) is 5.82 Å². The van der Waals surface area contributed by atoms with Gasteiger partial charge in [0.05, 0.1) is 19.5 Å². The lowest BCUT2D eigenvalue weighted by molar-refractivity contribution is 0.412. The van der Waals surface area contributed by atoms with Gasteiger partial charge in [-0.2, -0.15) is 5.10 Å². The van der Waals surface area contributed by atoms with Crippen LogP contribution in [0.3, 0.4) is 0 Å². The molecule has 1 atom stereocenters. The number of halogens is 1. The molecule has 0 radical (unpaired) electrons. The largest absolute Gasteiger partial charge is 0.495 e. The zero-order chi connectivity index (χ0) is 22.0. The highest BCUT2D eigenvalue weighted by Crippen LogP contribution is 2.33. The van der Waals surface area contributed by atoms with Crippen LogP contribution in [0.5, 0.6) is 5.75 Å². The smallest absolute Gasteiger partial charge is 0.173 e. The van der Waals surface area contributed by atoms with Crippen LogP contribution < -0.4 is 9.64 Å². The zero-order valence-corrected chi connectivity index (χ0v) is 18.1. The number of rotatable bonds is 6. The number of hydrogen-bond acceptors (Lipinski definition) is 5. The molecule has 2 heterocycles. The average molecular weight is 420 g/mol. The Bertz CT molecular complexity index is 1120. The molecule has 0 aliphatic carbocycles. The summed E-state index contributed by atoms with van der Waals surface area (Å²) in [4.78, 5) is 8.91. The molecule has 2 aromatic carbocycles. The van der Waals surface area contributed by atoms with Crippen molar-refractivity contribution >= 4 is 17.8 Å². The minimum absolute atomic E-state index is 0.00951. The van der Waals surface area contributed by atoms with Gasteiger partial charge in [0.2, 0.25) is 0 Å². The molecule has 4 rings (SSSR count). The van der Waals surface area contributed by atoms with Gasteiger partial charge in [-0.25, -0.2) is 9.37 Å². The normalized spacial score (nSPS) is 14.9. The number of aromatic amines is 1. The van der Waals surface area contributed by atoms with Gasteiger partial charge in [0.1, 0.15) is 17.4 Å². The molecule has 1 aliphatic heterocycles. The maximum atomic E-state index is 13.2. The quantitative estimate of drug-likeness (QED) is 0.619. The van der Waals surface area contributed by atoms with Gasteiger partial charge in [-0.15, -0.1) is 0 Å². The van der Waals surface area contributed by atoms with Crippen LogP contribution in [0.25, 0.3) is 12.2 Å². The third-order valence-electron chi connectivity index (χ3n) is 5.55. The number of methoxy groups -OCH3 is 1. The topological polar surface area (TPSA) is 57.3 Å². The monoisotopic (exact) mass is 419 g/mol. The number of ether oxygens (including phenoxy) is 1. The highest BCUT2D eigenvalue weighted by molar-refractivity contribution is 5.71. The Morgan fingerprint density at radius 2 is 1.94 bits per heavy atom. The summed E-state index contributed by atoms with van der Waals surface area (Å²) in [5.41, 5.74) is 4.20. The average Bonchev–Trinajstić information content (AvgIpc) is 3.38. The van der Waals surface area contributed by atoms with Crippen molar-refractivity contribution < 1.29 is 9.13 Å². The van der Waals surface area contributed by atoms with E-state index < -0.39 is 0 Å². The van der Waals surface area contributed by atoms with Crippen molar-refractivity contribution in [3.05, 3.63) is 83.0 Å². The molecular weight excluding hydrogens is 393 g/mol. The molecule has 7 heteroatoms. The molecule has 31 heavy (non-hydrogen) atoms. The molecule has 1 aromatic heterocycles. The second-order valence-electron chi connectivity index (χ2n) is 7.70. The summed E-state index contributed by atoms with van der Waals surface area (Å²) in [6, 6.07) is 12.5. The first kappa shape index (κ1) is 20.7. The lowest BCUT2D eigenvalue weighted by Gasteiger charge is -2.21. The Hall–Kier alpha value is -3.61. The maximum Gasteiger partial charge on any atom is 0.173 e. The van der Waals surface area contributed by atoms with Crippen molar-refractivity contribution in [2.45, 2.75) is 19.8 Å². The van der Waals surface area contributed by atoms with Crippen LogP contribution in [-0.2, 0) is 0 Å². The summed E-state index contributed by atoms with van der Waals surface area (Å²) in [5, 5.41) is 7.27. The van der Waals surface area contributed by atoms with Crippen molar-refractivity contribution in [2.24, 2.45) is 0 Å². The Balaban J connectivity index is 1.49. The number of hydrogen-bond donors (Lipinski definition) is 1. The highest BCUT2D eigenvalue weighted by Gasteiger charge is 2.18. The predicted octanol–water partition coefficient (Wildman–Crippen LogP) is 4.85. The third-order valence-corrected chi connectivity index (χ3v) is 5.55. The molecule has 6 nitrogen and oxygen atoms in total. The van der Waals surface area contributed by atoms with Crippen molar-refractivity contribution in [3.63, 3.8) is 0 Å². The Kier molecular flexibility index (Phi) is 5.75. The first-order valence-electron chi connectivity index (χ1n) is 10.1. The summed E-state index contributed by atoms with van der Waals surface area (Å²) in [6.45, 7) is 4.89. The first-order chi connectivity index (χ1) is 14.9. The van der Waals surface area contributed by atoms with Crippen LogP contribution in [-0.4, -0.2) is 40.9 Å². The van der Waals surface area contributed by atoms with Crippen molar-refractivity contribution in [2.75, 3.05) is 25.7 Å². The van der Waals surface area contributed by atoms with Gasteiger partial charge in [0.15, 0.2) is 5.82 Å². The summed E-state index contributed by atoms with van der Waals surface area (Å²) in [7, 11) is 3.75. The number of nitrogens with one attached hydrogen (secondary N) is 1. The van der Waals surface area contributed by atoms with Gasteiger partial charge in [0.25, 0.3) is 0 Å². The molecular formula is C24H26FN5O. The van der Waals surface area contributed by atoms with Crippen molar-refractivity contribution in [3.8, 4) is 5.75 Å². The van der Waals surface area contributed by atoms with Gasteiger partial charge in [-0.05, 0) is 48.4 Å². The van der Waals surface area contributed by atoms with Gasteiger partial charge in [-0.1, -0.05) is 31.2 Å². The SMILES string of the molecule is COc1cc(/C=C/c2n[nH]c([C@@H](C)c3ccc(F)cc3)n2)ccc1N1C=C(C)N(C)C1. The first-order valence-corrected chi connectivity index (χ1v) is 10.1. The Morgan fingerprint density at radius 3 is 2.61 bits per heavy atom. The van der Waals surface area contributed by atoms with E-state index >= 15 is 0 Å². The Morgan fingerprint density at radius 1 is 1.16 bits per heavy atom. The lowest BCUT2D eigenvalue weighted by Crippen LogP contribution is -2.23. The fraction of sp³-hybridized carbons (Fsp3) is 0.250. The zero-order valence-electron chi connectivity index (χ0n) is 18.1. The molecule has 0 saturated heterocycles. The summed E-state index contributed by atoms with van der Waals surface area (Å²) in [5.74, 6) is 1.87. The lowest BCUT2D eigenvalue weighted by atomic mass is 10.0. The second kappa shape index (κ2) is 8.63. The molecule has 3 aromatic rings. The molecule has 0 fully saturated rings. The number of allylic oxidation sites excluding steroid dienone is 1. The number of anilines is 1. The fourth-order valence-corrected chi connectivity index (χ4v) is 3.52. The number of H-pyrrole nitrogens is 1. The van der Waals surface area contributed by atoms with E-state index in [-0.39, 0.29) is 11.7 Å². The maximum absolute atomic E-state index is 13.2. The van der Waals surface area contributed by atoms with E-state index in [1.54, 1.807) is 19.2 Å². The molecule has 160 valence electrons. The third kappa shape index (κ3) is 4.45. The molecule has 0 bridgehead atoms. The fourth-order valence-electron chi connectivity index (χ4n) is 3.52. The summed E-state index contributed by atoms with van der Waals surface area (Å²) in [6.07, 6.45) is 5.93. The van der Waals surface area contributed by atoms with E-state index in [9.17, 15) is 4.39 Å². The minimum atomic E-state index is -0.249. The minimum Gasteiger partial charge on any atom is -0.495 e. The van der Waals surface area contributed by atoms with Crippen molar-refractivity contribution in [1.82, 2.24) is 20.1 Å². The van der Waals surface area contributed by atoms with E-state index in [0.717, 1.165) is 35.1 Å². The summed E-state index contributed by atoms with van der Waals surface area (Å²) < 4.78 is 18.8. The van der Waals surface area contributed by atoms with Crippen LogP contribution in [0.4, 0.5) is 10.1 Å². The number of benzene rings is 2. The molecule has 0 saturated carbocycles. The Labute approximate surface area is 181 Å². The molecule has 1 N–H and O–H groups in total. The van der Waals surface area contributed by atoms with Crippen LogP contribution >= 0.6 is 0 Å². The van der Waals surface area contributed by atoms with Crippen LogP contribution in [0.2, 0.25) is 0 Å². The summed E-state index contributed by atoms with van der Waals surface area (Å²) >= 11 is 0. The van der Waals surface area contributed by atoms with E-state index in [4.69, 9.17) is 4.74 Å². The number of nitrogens with zero attached hydrogens (tertiary/aromatic N) is 4. The van der Waals surface area contributed by atoms with Crippen LogP contribution in [0.15, 0.2) is 54.4 Å². The van der Waals surface area contributed by atoms with E-state index in [1.165, 1.54) is 17.8 Å². The number of aromatic nitrogens is 3. The highest BCUT2D eigenvalue weighted by atomic mass is 19.1. The van der Waals surface area contributed by atoms with E-state index in [0.29, 0.717) is 5.82 Å². The van der Waals surface area contributed by atoms with Gasteiger partial charge >= 0.3 is 0 Å². The second-order valence-corrected chi connectivity index (χ2v) is 7.70. The van der Waals surface area contributed by atoms with E-state index in [2.05, 4.69) is 51.2 Å². The molecule has 0 unspecified atom stereocenters. The van der Waals surface area contributed by atoms with Crippen LogP contribution in [0.1, 0.15) is 42.5 Å². The van der Waals surface area contributed by atoms with Gasteiger partial charge in [-0.3, -0.25) is 5.10 Å². The molecule has 0 spiro atoms. The molecule has 0 amide bonds.